The first-order chi connectivity index (χ1) is 16.8. The van der Waals surface area contributed by atoms with Crippen molar-refractivity contribution in [1.29, 1.82) is 0 Å². The van der Waals surface area contributed by atoms with E-state index in [2.05, 4.69) is 25.1 Å². The molecule has 0 bridgehead atoms. The van der Waals surface area contributed by atoms with Gasteiger partial charge in [0.05, 0.1) is 17.6 Å². The largest absolute Gasteiger partial charge is 0.465 e. The van der Waals surface area contributed by atoms with Crippen LogP contribution in [0.1, 0.15) is 33.2 Å². The zero-order chi connectivity index (χ0) is 26.8. The molecular weight excluding hydrogens is 513 g/mol. The standard InChI is InChI=1S/C22H27ClFN7O4S/c1-6-18(30(4)22(32)33)27-21-25-8-7-16(26-21)15-11-31(12(2)3)28-20(15)14-9-13(23)10-17(19(14)24)29-36(5,34)35/h7-12,18,29H,6H2,1-5H3,(H,32,33)(H,25,26,27). The summed E-state index contributed by atoms with van der Waals surface area (Å²) in [5, 5.41) is 16.9. The minimum absolute atomic E-state index is 0.0202. The van der Waals surface area contributed by atoms with Crippen molar-refractivity contribution < 1.29 is 22.7 Å². The zero-order valence-corrected chi connectivity index (χ0v) is 21.9. The van der Waals surface area contributed by atoms with Gasteiger partial charge in [-0.05, 0) is 38.5 Å². The highest BCUT2D eigenvalue weighted by Gasteiger charge is 2.23. The van der Waals surface area contributed by atoms with Gasteiger partial charge in [-0.15, -0.1) is 0 Å². The van der Waals surface area contributed by atoms with Crippen LogP contribution < -0.4 is 10.0 Å². The number of anilines is 2. The number of nitrogens with one attached hydrogen (secondary N) is 2. The molecule has 2 aromatic heterocycles. The molecule has 3 rings (SSSR count). The van der Waals surface area contributed by atoms with Gasteiger partial charge in [-0.1, -0.05) is 18.5 Å². The average Bonchev–Trinajstić information content (AvgIpc) is 3.24. The Bertz CT molecular complexity index is 1380. The number of hydrogen-bond donors (Lipinski definition) is 3. The Kier molecular flexibility index (Phi) is 8.04. The van der Waals surface area contributed by atoms with Crippen molar-refractivity contribution in [3.8, 4) is 22.5 Å². The van der Waals surface area contributed by atoms with Gasteiger partial charge in [0.1, 0.15) is 11.9 Å². The molecule has 0 spiro atoms. The summed E-state index contributed by atoms with van der Waals surface area (Å²) in [5.41, 5.74) is 0.699. The molecule has 36 heavy (non-hydrogen) atoms. The average molecular weight is 540 g/mol. The van der Waals surface area contributed by atoms with Gasteiger partial charge in [-0.3, -0.25) is 14.3 Å². The second-order valence-corrected chi connectivity index (χ2v) is 10.6. The first-order valence-corrected chi connectivity index (χ1v) is 13.2. The topological polar surface area (TPSA) is 142 Å². The van der Waals surface area contributed by atoms with Gasteiger partial charge in [-0.2, -0.15) is 5.10 Å². The molecule has 0 aliphatic rings. The van der Waals surface area contributed by atoms with E-state index in [4.69, 9.17) is 11.6 Å². The van der Waals surface area contributed by atoms with Gasteiger partial charge >= 0.3 is 6.09 Å². The van der Waals surface area contributed by atoms with Gasteiger partial charge < -0.3 is 10.4 Å². The number of halogens is 2. The fourth-order valence-corrected chi connectivity index (χ4v) is 4.18. The van der Waals surface area contributed by atoms with Crippen LogP contribution in [0, 0.1) is 5.82 Å². The maximum Gasteiger partial charge on any atom is 0.408 e. The maximum absolute atomic E-state index is 15.5. The Balaban J connectivity index is 2.14. The zero-order valence-electron chi connectivity index (χ0n) is 20.3. The molecule has 3 N–H and O–H groups in total. The predicted molar refractivity (Wildman–Crippen MR) is 136 cm³/mol. The highest BCUT2D eigenvalue weighted by atomic mass is 35.5. The predicted octanol–water partition coefficient (Wildman–Crippen LogP) is 4.51. The summed E-state index contributed by atoms with van der Waals surface area (Å²) in [5.74, 6) is -0.677. The van der Waals surface area contributed by atoms with Crippen LogP contribution in [0.2, 0.25) is 5.02 Å². The monoisotopic (exact) mass is 539 g/mol. The molecule has 194 valence electrons. The number of benzene rings is 1. The first-order valence-electron chi connectivity index (χ1n) is 10.9. The first kappa shape index (κ1) is 27.1. The van der Waals surface area contributed by atoms with Gasteiger partial charge in [0.25, 0.3) is 0 Å². The lowest BCUT2D eigenvalue weighted by atomic mass is 10.0. The molecule has 0 aliphatic heterocycles. The molecule has 0 saturated carbocycles. The molecule has 3 aromatic rings. The van der Waals surface area contributed by atoms with E-state index in [-0.39, 0.29) is 34.0 Å². The minimum atomic E-state index is -3.77. The lowest BCUT2D eigenvalue weighted by Gasteiger charge is -2.25. The summed E-state index contributed by atoms with van der Waals surface area (Å²) in [4.78, 5) is 21.2. The Hall–Kier alpha value is -3.45. The van der Waals surface area contributed by atoms with Gasteiger partial charge in [-0.25, -0.2) is 27.6 Å². The second kappa shape index (κ2) is 10.7. The maximum atomic E-state index is 15.5. The molecule has 0 saturated heterocycles. The number of sulfonamides is 1. The van der Waals surface area contributed by atoms with Crippen molar-refractivity contribution in [2.75, 3.05) is 23.3 Å². The number of carboxylic acid groups (broad SMARTS) is 1. The van der Waals surface area contributed by atoms with E-state index in [0.717, 1.165) is 11.2 Å². The van der Waals surface area contributed by atoms with E-state index in [0.29, 0.717) is 17.7 Å². The molecule has 1 amide bonds. The number of aromatic nitrogens is 4. The third-order valence-corrected chi connectivity index (χ3v) is 6.04. The summed E-state index contributed by atoms with van der Waals surface area (Å²) in [6, 6.07) is 4.06. The second-order valence-electron chi connectivity index (χ2n) is 8.38. The Morgan fingerprint density at radius 3 is 2.58 bits per heavy atom. The highest BCUT2D eigenvalue weighted by molar-refractivity contribution is 7.92. The van der Waals surface area contributed by atoms with E-state index in [9.17, 15) is 18.3 Å². The highest BCUT2D eigenvalue weighted by Crippen LogP contribution is 2.37. The van der Waals surface area contributed by atoms with E-state index >= 15 is 4.39 Å². The minimum Gasteiger partial charge on any atom is -0.465 e. The van der Waals surface area contributed by atoms with Crippen LogP contribution in [0.25, 0.3) is 22.5 Å². The summed E-state index contributed by atoms with van der Waals surface area (Å²) in [6.45, 7) is 5.61. The fourth-order valence-electron chi connectivity index (χ4n) is 3.41. The molecule has 0 radical (unpaired) electrons. The van der Waals surface area contributed by atoms with Crippen LogP contribution in [0.3, 0.4) is 0 Å². The fraction of sp³-hybridized carbons (Fsp3) is 0.364. The van der Waals surface area contributed by atoms with Crippen LogP contribution >= 0.6 is 11.6 Å². The molecule has 2 heterocycles. The Labute approximate surface area is 213 Å². The summed E-state index contributed by atoms with van der Waals surface area (Å²) < 4.78 is 42.7. The van der Waals surface area contributed by atoms with Crippen molar-refractivity contribution in [2.24, 2.45) is 0 Å². The smallest absolute Gasteiger partial charge is 0.408 e. The van der Waals surface area contributed by atoms with Crippen molar-refractivity contribution >= 4 is 39.4 Å². The van der Waals surface area contributed by atoms with Crippen molar-refractivity contribution in [3.05, 3.63) is 41.4 Å². The number of nitrogens with zero attached hydrogens (tertiary/aromatic N) is 5. The number of hydrogen-bond acceptors (Lipinski definition) is 7. The van der Waals surface area contributed by atoms with E-state index in [1.54, 1.807) is 16.9 Å². The van der Waals surface area contributed by atoms with E-state index < -0.39 is 28.1 Å². The normalized spacial score (nSPS) is 12.4. The van der Waals surface area contributed by atoms with Crippen molar-refractivity contribution in [1.82, 2.24) is 24.6 Å². The molecule has 0 fully saturated rings. The quantitative estimate of drug-likeness (QED) is 0.337. The summed E-state index contributed by atoms with van der Waals surface area (Å²) >= 11 is 6.20. The van der Waals surface area contributed by atoms with Crippen molar-refractivity contribution in [3.63, 3.8) is 0 Å². The summed E-state index contributed by atoms with van der Waals surface area (Å²) in [7, 11) is -2.34. The molecule has 11 nitrogen and oxygen atoms in total. The third kappa shape index (κ3) is 6.21. The van der Waals surface area contributed by atoms with Gasteiger partial charge in [0.2, 0.25) is 16.0 Å². The lowest BCUT2D eigenvalue weighted by molar-refractivity contribution is 0.142. The third-order valence-electron chi connectivity index (χ3n) is 5.23. The SMILES string of the molecule is CCC(Nc1nccc(-c2cn(C(C)C)nc2-c2cc(Cl)cc(NS(C)(=O)=O)c2F)n1)N(C)C(=O)O. The van der Waals surface area contributed by atoms with Crippen LogP contribution in [0.15, 0.2) is 30.6 Å². The van der Waals surface area contributed by atoms with Crippen LogP contribution in [-0.4, -0.2) is 63.7 Å². The summed E-state index contributed by atoms with van der Waals surface area (Å²) in [6.07, 6.45) is 2.85. The van der Waals surface area contributed by atoms with Crippen molar-refractivity contribution in [2.45, 2.75) is 39.4 Å². The lowest BCUT2D eigenvalue weighted by Crippen LogP contribution is -2.41. The Morgan fingerprint density at radius 2 is 2.00 bits per heavy atom. The van der Waals surface area contributed by atoms with Crippen LogP contribution in [0.5, 0.6) is 0 Å². The van der Waals surface area contributed by atoms with Gasteiger partial charge in [0, 0.05) is 41.6 Å². The molecule has 1 aromatic carbocycles. The number of carbonyl (C=O) groups is 1. The van der Waals surface area contributed by atoms with E-state index in [1.807, 2.05) is 20.8 Å². The van der Waals surface area contributed by atoms with Crippen LogP contribution in [-0.2, 0) is 10.0 Å². The number of rotatable bonds is 9. The van der Waals surface area contributed by atoms with Gasteiger partial charge in [0.15, 0.2) is 5.82 Å². The number of amides is 1. The van der Waals surface area contributed by atoms with E-state index in [1.165, 1.54) is 25.4 Å². The molecule has 14 heteroatoms. The molecular formula is C22H27ClFN7O4S. The molecule has 1 atom stereocenters. The van der Waals surface area contributed by atoms with Crippen LogP contribution in [0.4, 0.5) is 20.8 Å². The molecule has 1 unspecified atom stereocenters. The molecule has 0 aliphatic carbocycles. The Morgan fingerprint density at radius 1 is 1.31 bits per heavy atom.